The van der Waals surface area contributed by atoms with Gasteiger partial charge in [0.15, 0.2) is 5.69 Å². The number of aromatic nitrogens is 5. The molecule has 2 N–H and O–H groups in total. The van der Waals surface area contributed by atoms with Crippen LogP contribution in [0.25, 0.3) is 5.69 Å². The Morgan fingerprint density at radius 1 is 1.03 bits per heavy atom. The molecule has 2 aromatic heterocycles. The fourth-order valence-corrected chi connectivity index (χ4v) is 4.67. The molecule has 0 saturated carbocycles. The van der Waals surface area contributed by atoms with Gasteiger partial charge in [0.25, 0.3) is 5.91 Å². The number of nitrogens with one attached hydrogen (secondary N) is 2. The molecule has 1 aliphatic carbocycles. The maximum Gasteiger partial charge on any atom is 0.347 e. The number of benzene rings is 1. The molecule has 0 bridgehead atoms. The minimum absolute atomic E-state index is 0.0193. The molecule has 0 radical (unpaired) electrons. The fraction of sp³-hybridized carbons (Fsp3) is 0.455. The number of hydrogen-bond donors (Lipinski definition) is 2. The summed E-state index contributed by atoms with van der Waals surface area (Å²) in [6.07, 6.45) is 5.72. The summed E-state index contributed by atoms with van der Waals surface area (Å²) in [5, 5.41) is 14.3. The molecule has 0 unspecified atom stereocenters. The largest absolute Gasteiger partial charge is 0.347 e. The third-order valence-corrected chi connectivity index (χ3v) is 6.40. The van der Waals surface area contributed by atoms with E-state index in [1.807, 2.05) is 36.1 Å². The molecule has 156 valence electrons. The van der Waals surface area contributed by atoms with Crippen molar-refractivity contribution < 1.29 is 4.79 Å². The molecule has 1 aromatic carbocycles. The van der Waals surface area contributed by atoms with Gasteiger partial charge in [-0.05, 0) is 57.6 Å². The molecule has 0 spiro atoms. The van der Waals surface area contributed by atoms with Crippen LogP contribution in [-0.2, 0) is 12.8 Å². The number of piperidine rings is 1. The maximum atomic E-state index is 13.1. The number of rotatable bonds is 3. The quantitative estimate of drug-likeness (QED) is 0.698. The monoisotopic (exact) mass is 406 g/mol. The van der Waals surface area contributed by atoms with Crippen molar-refractivity contribution >= 4 is 5.91 Å². The highest BCUT2D eigenvalue weighted by molar-refractivity contribution is 5.94. The zero-order valence-electron chi connectivity index (χ0n) is 17.1. The molecular formula is C22H26N6O2. The van der Waals surface area contributed by atoms with Gasteiger partial charge in [-0.3, -0.25) is 9.89 Å². The number of aromatic amines is 2. The third-order valence-electron chi connectivity index (χ3n) is 6.40. The van der Waals surface area contributed by atoms with E-state index in [2.05, 4.69) is 20.4 Å². The van der Waals surface area contributed by atoms with Crippen LogP contribution in [0, 0.1) is 6.92 Å². The lowest BCUT2D eigenvalue weighted by Gasteiger charge is -2.31. The molecule has 3 aromatic rings. The van der Waals surface area contributed by atoms with Crippen molar-refractivity contribution in [1.82, 2.24) is 29.9 Å². The van der Waals surface area contributed by atoms with Gasteiger partial charge in [-0.2, -0.15) is 10.2 Å². The Hall–Kier alpha value is -3.16. The second kappa shape index (κ2) is 7.59. The molecular weight excluding hydrogens is 380 g/mol. The number of amides is 1. The molecule has 1 aliphatic heterocycles. The molecule has 2 aliphatic rings. The normalized spacial score (nSPS) is 17.2. The molecule has 30 heavy (non-hydrogen) atoms. The van der Waals surface area contributed by atoms with Crippen molar-refractivity contribution in [1.29, 1.82) is 0 Å². The van der Waals surface area contributed by atoms with Crippen molar-refractivity contribution in [2.24, 2.45) is 0 Å². The van der Waals surface area contributed by atoms with Crippen LogP contribution in [-0.4, -0.2) is 48.9 Å². The topological polar surface area (TPSA) is 99.7 Å². The van der Waals surface area contributed by atoms with Crippen molar-refractivity contribution in [3.63, 3.8) is 0 Å². The predicted molar refractivity (Wildman–Crippen MR) is 112 cm³/mol. The lowest BCUT2D eigenvalue weighted by Crippen LogP contribution is -2.39. The van der Waals surface area contributed by atoms with E-state index in [1.54, 1.807) is 4.57 Å². The van der Waals surface area contributed by atoms with Crippen molar-refractivity contribution in [3.05, 3.63) is 63.1 Å². The Kier molecular flexibility index (Phi) is 4.77. The molecule has 1 amide bonds. The van der Waals surface area contributed by atoms with Crippen molar-refractivity contribution in [2.75, 3.05) is 13.1 Å². The first-order valence-corrected chi connectivity index (χ1v) is 10.7. The SMILES string of the molecule is Cc1ccc(-n2c(C3CCN(C(=O)c4n[nH]c5c4CCCC5)CC3)n[nH]c2=O)cc1. The van der Waals surface area contributed by atoms with E-state index in [4.69, 9.17) is 0 Å². The first-order chi connectivity index (χ1) is 14.6. The Morgan fingerprint density at radius 3 is 2.53 bits per heavy atom. The lowest BCUT2D eigenvalue weighted by molar-refractivity contribution is 0.0703. The summed E-state index contributed by atoms with van der Waals surface area (Å²) in [6.45, 7) is 3.30. The molecule has 8 heteroatoms. The van der Waals surface area contributed by atoms with E-state index in [0.717, 1.165) is 66.9 Å². The number of aryl methyl sites for hydroxylation is 2. The zero-order valence-corrected chi connectivity index (χ0v) is 17.1. The first-order valence-electron chi connectivity index (χ1n) is 10.7. The molecule has 8 nitrogen and oxygen atoms in total. The summed E-state index contributed by atoms with van der Waals surface area (Å²) in [6, 6.07) is 7.86. The predicted octanol–water partition coefficient (Wildman–Crippen LogP) is 2.49. The summed E-state index contributed by atoms with van der Waals surface area (Å²) in [7, 11) is 0. The highest BCUT2D eigenvalue weighted by Crippen LogP contribution is 2.29. The van der Waals surface area contributed by atoms with Crippen molar-refractivity contribution in [3.8, 4) is 5.69 Å². The van der Waals surface area contributed by atoms with E-state index >= 15 is 0 Å². The molecule has 0 atom stereocenters. The Balaban J connectivity index is 1.32. The molecule has 3 heterocycles. The van der Waals surface area contributed by atoms with Gasteiger partial charge in [0.1, 0.15) is 5.82 Å². The van der Waals surface area contributed by atoms with Crippen LogP contribution in [0.1, 0.15) is 64.7 Å². The standard InChI is InChI=1S/C22H26N6O2/c1-14-6-8-16(9-7-14)28-20(25-26-22(28)30)15-10-12-27(13-11-15)21(29)19-17-4-2-3-5-18(17)23-24-19/h6-9,15H,2-5,10-13H2,1H3,(H,23,24)(H,26,30). The zero-order chi connectivity index (χ0) is 20.7. The number of H-pyrrole nitrogens is 2. The summed E-state index contributed by atoms with van der Waals surface area (Å²) in [4.78, 5) is 27.4. The highest BCUT2D eigenvalue weighted by atomic mass is 16.2. The minimum atomic E-state index is -0.226. The number of hydrogen-bond acceptors (Lipinski definition) is 4. The van der Waals surface area contributed by atoms with Gasteiger partial charge in [-0.1, -0.05) is 17.7 Å². The van der Waals surface area contributed by atoms with Crippen LogP contribution in [0.5, 0.6) is 0 Å². The van der Waals surface area contributed by atoms with E-state index in [9.17, 15) is 9.59 Å². The van der Waals surface area contributed by atoms with Gasteiger partial charge in [0.05, 0.1) is 5.69 Å². The smallest absolute Gasteiger partial charge is 0.337 e. The highest BCUT2D eigenvalue weighted by Gasteiger charge is 2.31. The van der Waals surface area contributed by atoms with Crippen LogP contribution in [0.4, 0.5) is 0 Å². The summed E-state index contributed by atoms with van der Waals surface area (Å²) < 4.78 is 1.66. The number of carbonyl (C=O) groups excluding carboxylic acids is 1. The third kappa shape index (κ3) is 3.26. The first kappa shape index (κ1) is 18.8. The number of nitrogens with zero attached hydrogens (tertiary/aromatic N) is 4. The lowest BCUT2D eigenvalue weighted by atomic mass is 9.93. The van der Waals surface area contributed by atoms with Gasteiger partial charge in [-0.15, -0.1) is 0 Å². The molecule has 1 saturated heterocycles. The van der Waals surface area contributed by atoms with Crippen molar-refractivity contribution in [2.45, 2.75) is 51.4 Å². The van der Waals surface area contributed by atoms with E-state index in [0.29, 0.717) is 18.8 Å². The van der Waals surface area contributed by atoms with Crippen LogP contribution >= 0.6 is 0 Å². The van der Waals surface area contributed by atoms with E-state index in [-0.39, 0.29) is 17.5 Å². The van der Waals surface area contributed by atoms with Gasteiger partial charge in [0, 0.05) is 30.3 Å². The minimum Gasteiger partial charge on any atom is -0.337 e. The average molecular weight is 406 g/mol. The summed E-state index contributed by atoms with van der Waals surface area (Å²) in [5.74, 6) is 0.890. The second-order valence-corrected chi connectivity index (χ2v) is 8.36. The van der Waals surface area contributed by atoms with Crippen LogP contribution in [0.2, 0.25) is 0 Å². The second-order valence-electron chi connectivity index (χ2n) is 8.36. The van der Waals surface area contributed by atoms with Gasteiger partial charge >= 0.3 is 5.69 Å². The summed E-state index contributed by atoms with van der Waals surface area (Å²) in [5.41, 5.74) is 4.56. The average Bonchev–Trinajstić information content (AvgIpc) is 3.38. The Morgan fingerprint density at radius 2 is 1.77 bits per heavy atom. The molecule has 1 fully saturated rings. The number of likely N-dealkylation sites (tertiary alicyclic amines) is 1. The van der Waals surface area contributed by atoms with Gasteiger partial charge in [-0.25, -0.2) is 14.5 Å². The van der Waals surface area contributed by atoms with E-state index in [1.165, 1.54) is 0 Å². The van der Waals surface area contributed by atoms with Gasteiger partial charge < -0.3 is 4.90 Å². The van der Waals surface area contributed by atoms with Gasteiger partial charge in [0.2, 0.25) is 0 Å². The van der Waals surface area contributed by atoms with Crippen LogP contribution in [0.15, 0.2) is 29.1 Å². The van der Waals surface area contributed by atoms with Crippen LogP contribution in [0.3, 0.4) is 0 Å². The number of carbonyl (C=O) groups is 1. The Bertz CT molecular complexity index is 1120. The number of fused-ring (bicyclic) bond motifs is 1. The van der Waals surface area contributed by atoms with E-state index < -0.39 is 0 Å². The molecule has 5 rings (SSSR count). The maximum absolute atomic E-state index is 13.1. The summed E-state index contributed by atoms with van der Waals surface area (Å²) >= 11 is 0. The Labute approximate surface area is 174 Å². The van der Waals surface area contributed by atoms with Crippen LogP contribution < -0.4 is 5.69 Å². The fourth-order valence-electron chi connectivity index (χ4n) is 4.67.